The molecule has 1 heterocycles. The minimum absolute atomic E-state index is 0. The molecule has 1 amide bonds. The number of carboxylic acid groups (broad SMARTS) is 2. The molecule has 0 radical (unpaired) electrons. The summed E-state index contributed by atoms with van der Waals surface area (Å²) in [7, 11) is 0. The molecule has 0 unspecified atom stereocenters. The van der Waals surface area contributed by atoms with Gasteiger partial charge in [-0.2, -0.15) is 0 Å². The van der Waals surface area contributed by atoms with E-state index in [1.807, 2.05) is 30.3 Å². The molecular formula is C13H16NNaO5. The van der Waals surface area contributed by atoms with Gasteiger partial charge in [0.05, 0.1) is 12.6 Å². The van der Waals surface area contributed by atoms with Crippen molar-refractivity contribution in [2.45, 2.75) is 18.9 Å². The maximum atomic E-state index is 12.0. The monoisotopic (exact) mass is 289 g/mol. The second-order valence-electron chi connectivity index (χ2n) is 4.11. The van der Waals surface area contributed by atoms with E-state index in [4.69, 9.17) is 20.1 Å². The first-order valence-electron chi connectivity index (χ1n) is 5.93. The van der Waals surface area contributed by atoms with E-state index >= 15 is 0 Å². The molecule has 1 aromatic carbocycles. The van der Waals surface area contributed by atoms with Gasteiger partial charge in [-0.3, -0.25) is 4.79 Å². The van der Waals surface area contributed by atoms with E-state index in [0.29, 0.717) is 5.56 Å². The SMILES string of the molecule is O=C([O-])O.O=C(c1ccccc1)N1CCC[C@H]1CO.[Na+]. The van der Waals surface area contributed by atoms with Crippen molar-refractivity contribution in [1.82, 2.24) is 4.90 Å². The third-order valence-corrected chi connectivity index (χ3v) is 2.87. The van der Waals surface area contributed by atoms with E-state index in [2.05, 4.69) is 0 Å². The van der Waals surface area contributed by atoms with Crippen LogP contribution in [-0.4, -0.2) is 46.4 Å². The number of benzene rings is 1. The molecular weight excluding hydrogens is 273 g/mol. The molecule has 0 spiro atoms. The molecule has 1 atom stereocenters. The van der Waals surface area contributed by atoms with Crippen molar-refractivity contribution in [2.24, 2.45) is 0 Å². The zero-order valence-corrected chi connectivity index (χ0v) is 13.4. The topological polar surface area (TPSA) is 101 Å². The fourth-order valence-corrected chi connectivity index (χ4v) is 2.04. The van der Waals surface area contributed by atoms with Gasteiger partial charge < -0.3 is 25.0 Å². The molecule has 2 N–H and O–H groups in total. The van der Waals surface area contributed by atoms with Crippen LogP contribution in [0, 0.1) is 0 Å². The minimum atomic E-state index is -2.08. The fourth-order valence-electron chi connectivity index (χ4n) is 2.04. The first-order chi connectivity index (χ1) is 9.06. The largest absolute Gasteiger partial charge is 1.00 e. The van der Waals surface area contributed by atoms with Crippen LogP contribution >= 0.6 is 0 Å². The molecule has 7 heteroatoms. The Kier molecular flexibility index (Phi) is 9.24. The molecule has 6 nitrogen and oxygen atoms in total. The number of amides is 1. The third kappa shape index (κ3) is 5.92. The Labute approximate surface area is 139 Å². The van der Waals surface area contributed by atoms with Crippen LogP contribution < -0.4 is 34.7 Å². The molecule has 1 aliphatic rings. The molecule has 0 bridgehead atoms. The second kappa shape index (κ2) is 9.77. The number of aliphatic hydroxyl groups excluding tert-OH is 1. The fraction of sp³-hybridized carbons (Fsp3) is 0.385. The predicted molar refractivity (Wildman–Crippen MR) is 65.6 cm³/mol. The Morgan fingerprint density at radius 3 is 2.35 bits per heavy atom. The summed E-state index contributed by atoms with van der Waals surface area (Å²) in [6, 6.07) is 9.25. The zero-order chi connectivity index (χ0) is 14.3. The smallest absolute Gasteiger partial charge is 0.565 e. The second-order valence-corrected chi connectivity index (χ2v) is 4.11. The Balaban J connectivity index is 0.000000644. The Morgan fingerprint density at radius 2 is 1.85 bits per heavy atom. The third-order valence-electron chi connectivity index (χ3n) is 2.87. The summed E-state index contributed by atoms with van der Waals surface area (Å²) in [4.78, 5) is 22.2. The van der Waals surface area contributed by atoms with Crippen molar-refractivity contribution in [3.8, 4) is 0 Å². The molecule has 0 aliphatic carbocycles. The molecule has 1 aromatic rings. The van der Waals surface area contributed by atoms with Crippen molar-refractivity contribution in [3.05, 3.63) is 35.9 Å². The number of aliphatic hydroxyl groups is 1. The van der Waals surface area contributed by atoms with Crippen molar-refractivity contribution >= 4 is 12.1 Å². The van der Waals surface area contributed by atoms with Crippen LogP contribution in [0.3, 0.4) is 0 Å². The van der Waals surface area contributed by atoms with Crippen LogP contribution in [0.25, 0.3) is 0 Å². The van der Waals surface area contributed by atoms with Gasteiger partial charge in [0.2, 0.25) is 6.16 Å². The molecule has 20 heavy (non-hydrogen) atoms. The number of carbonyl (C=O) groups excluding carboxylic acids is 1. The van der Waals surface area contributed by atoms with Crippen molar-refractivity contribution in [1.29, 1.82) is 0 Å². The van der Waals surface area contributed by atoms with E-state index < -0.39 is 6.16 Å². The summed E-state index contributed by atoms with van der Waals surface area (Å²) in [6.07, 6.45) is -0.182. The van der Waals surface area contributed by atoms with E-state index in [-0.39, 0.29) is 48.1 Å². The van der Waals surface area contributed by atoms with Gasteiger partial charge in [0, 0.05) is 12.1 Å². The summed E-state index contributed by atoms with van der Waals surface area (Å²) >= 11 is 0. The molecule has 0 saturated carbocycles. The number of likely N-dealkylation sites (tertiary alicyclic amines) is 1. The Hall–Kier alpha value is -1.08. The molecule has 1 fully saturated rings. The van der Waals surface area contributed by atoms with E-state index in [9.17, 15) is 4.79 Å². The zero-order valence-electron chi connectivity index (χ0n) is 11.4. The number of hydrogen-bond acceptors (Lipinski definition) is 4. The van der Waals surface area contributed by atoms with Crippen LogP contribution in [0.4, 0.5) is 4.79 Å². The van der Waals surface area contributed by atoms with Crippen LogP contribution in [0.2, 0.25) is 0 Å². The van der Waals surface area contributed by atoms with E-state index in [1.165, 1.54) is 0 Å². The van der Waals surface area contributed by atoms with Crippen LogP contribution in [0.1, 0.15) is 23.2 Å². The molecule has 104 valence electrons. The quantitative estimate of drug-likeness (QED) is 0.572. The Morgan fingerprint density at radius 1 is 1.30 bits per heavy atom. The molecule has 0 aromatic heterocycles. The summed E-state index contributed by atoms with van der Waals surface area (Å²) in [5.74, 6) is 0.0344. The van der Waals surface area contributed by atoms with Crippen LogP contribution in [0.5, 0.6) is 0 Å². The van der Waals surface area contributed by atoms with Crippen molar-refractivity contribution in [3.63, 3.8) is 0 Å². The van der Waals surface area contributed by atoms with Gasteiger partial charge in [0.1, 0.15) is 0 Å². The Bertz CT molecular complexity index is 422. The number of carbonyl (C=O) groups is 2. The average Bonchev–Trinajstić information content (AvgIpc) is 2.86. The molecule has 2 rings (SSSR count). The summed E-state index contributed by atoms with van der Waals surface area (Å²) < 4.78 is 0. The number of rotatable bonds is 2. The summed E-state index contributed by atoms with van der Waals surface area (Å²) in [5, 5.41) is 24.4. The first kappa shape index (κ1) is 18.9. The van der Waals surface area contributed by atoms with Gasteiger partial charge in [0.25, 0.3) is 5.91 Å². The molecule has 1 saturated heterocycles. The van der Waals surface area contributed by atoms with Crippen LogP contribution in [0.15, 0.2) is 30.3 Å². The summed E-state index contributed by atoms with van der Waals surface area (Å²) in [6.45, 7) is 0.831. The van der Waals surface area contributed by atoms with E-state index in [0.717, 1.165) is 19.4 Å². The number of hydrogen-bond donors (Lipinski definition) is 2. The minimum Gasteiger partial charge on any atom is -0.565 e. The van der Waals surface area contributed by atoms with Crippen molar-refractivity contribution < 1.29 is 54.5 Å². The van der Waals surface area contributed by atoms with Gasteiger partial charge in [0.15, 0.2) is 0 Å². The average molecular weight is 289 g/mol. The van der Waals surface area contributed by atoms with Crippen LogP contribution in [-0.2, 0) is 0 Å². The van der Waals surface area contributed by atoms with Gasteiger partial charge in [-0.25, -0.2) is 0 Å². The first-order valence-corrected chi connectivity index (χ1v) is 5.93. The van der Waals surface area contributed by atoms with E-state index in [1.54, 1.807) is 4.90 Å². The molecule has 1 aliphatic heterocycles. The van der Waals surface area contributed by atoms with Gasteiger partial charge in [-0.1, -0.05) is 18.2 Å². The summed E-state index contributed by atoms with van der Waals surface area (Å²) in [5.41, 5.74) is 0.706. The van der Waals surface area contributed by atoms with Gasteiger partial charge >= 0.3 is 29.6 Å². The maximum absolute atomic E-state index is 12.0. The van der Waals surface area contributed by atoms with Gasteiger partial charge in [-0.15, -0.1) is 0 Å². The van der Waals surface area contributed by atoms with Crippen molar-refractivity contribution in [2.75, 3.05) is 13.2 Å². The number of nitrogens with zero attached hydrogens (tertiary/aromatic N) is 1. The predicted octanol–water partition coefficient (Wildman–Crippen LogP) is -2.82. The maximum Gasteiger partial charge on any atom is 1.00 e. The standard InChI is InChI=1S/C12H15NO2.CH2O3.Na/c14-9-11-7-4-8-13(11)12(15)10-5-2-1-3-6-10;2-1(3)4;/h1-3,5-6,11,14H,4,7-9H2;(H2,2,3,4);/q;;+1/p-1/t11-;;/m0../s1. The van der Waals surface area contributed by atoms with Gasteiger partial charge in [-0.05, 0) is 25.0 Å². The normalized spacial score (nSPS) is 16.6.